The maximum absolute atomic E-state index is 12.8. The number of carbonyl (C=O) groups excluding carboxylic acids is 1. The molecule has 1 aromatic heterocycles. The molecule has 0 spiro atoms. The first-order valence-electron chi connectivity index (χ1n) is 9.02. The van der Waals surface area contributed by atoms with Crippen molar-refractivity contribution in [1.29, 1.82) is 0 Å². The molecule has 2 heterocycles. The molecule has 0 radical (unpaired) electrons. The molecule has 9 nitrogen and oxygen atoms in total. The first-order valence-corrected chi connectivity index (χ1v) is 11.6. The second-order valence-corrected chi connectivity index (χ2v) is 10.6. The molecular formula is C18H20Cl3N3O6S. The summed E-state index contributed by atoms with van der Waals surface area (Å²) in [4.78, 5) is 13.4. The highest BCUT2D eigenvalue weighted by Gasteiger charge is 2.35. The predicted molar refractivity (Wildman–Crippen MR) is 115 cm³/mol. The Balaban J connectivity index is 1.80. The van der Waals surface area contributed by atoms with E-state index in [-0.39, 0.29) is 44.7 Å². The molecule has 3 rings (SSSR count). The van der Waals surface area contributed by atoms with Crippen molar-refractivity contribution in [2.45, 2.75) is 43.9 Å². The molecule has 1 amide bonds. The number of benzene rings is 1. The molecule has 1 aliphatic heterocycles. The molecular weight excluding hydrogens is 493 g/mol. The van der Waals surface area contributed by atoms with Gasteiger partial charge in [0.25, 0.3) is 0 Å². The van der Waals surface area contributed by atoms with Crippen LogP contribution in [0.2, 0.25) is 15.1 Å². The quantitative estimate of drug-likeness (QED) is 0.565. The van der Waals surface area contributed by atoms with Gasteiger partial charge in [0.15, 0.2) is 10.6 Å². The summed E-state index contributed by atoms with van der Waals surface area (Å²) in [6.07, 6.45) is 0.568. The van der Waals surface area contributed by atoms with Crippen molar-refractivity contribution in [2.75, 3.05) is 13.7 Å². The average molecular weight is 513 g/mol. The summed E-state index contributed by atoms with van der Waals surface area (Å²) in [7, 11) is -2.80. The number of likely N-dealkylation sites (N-methyl/N-ethyl adjacent to an activating group) is 1. The highest BCUT2D eigenvalue weighted by atomic mass is 35.5. The first kappa shape index (κ1) is 23.8. The summed E-state index contributed by atoms with van der Waals surface area (Å²) in [5, 5.41) is 4.15. The van der Waals surface area contributed by atoms with E-state index in [4.69, 9.17) is 48.5 Å². The SMILES string of the molecule is CN(C(=O)OC(C)(C)C)[C@H]1COc2c(S(=O)(=O)Oc3c(Cl)cc(Cl)cc3Cl)cnn2C1. The highest BCUT2D eigenvalue weighted by Crippen LogP contribution is 2.39. The van der Waals surface area contributed by atoms with Gasteiger partial charge in [-0.25, -0.2) is 9.48 Å². The van der Waals surface area contributed by atoms with E-state index in [0.717, 1.165) is 6.20 Å². The maximum atomic E-state index is 12.8. The van der Waals surface area contributed by atoms with Crippen LogP contribution < -0.4 is 8.92 Å². The number of hydrogen-bond donors (Lipinski definition) is 0. The van der Waals surface area contributed by atoms with E-state index >= 15 is 0 Å². The van der Waals surface area contributed by atoms with Gasteiger partial charge in [-0.15, -0.1) is 0 Å². The Morgan fingerprint density at radius 2 is 1.87 bits per heavy atom. The lowest BCUT2D eigenvalue weighted by Gasteiger charge is -2.33. The third-order valence-electron chi connectivity index (χ3n) is 4.21. The van der Waals surface area contributed by atoms with E-state index in [1.165, 1.54) is 21.7 Å². The van der Waals surface area contributed by atoms with Crippen LogP contribution in [-0.4, -0.2) is 54.5 Å². The maximum Gasteiger partial charge on any atom is 0.410 e. The molecule has 170 valence electrons. The minimum atomic E-state index is -4.37. The summed E-state index contributed by atoms with van der Waals surface area (Å²) >= 11 is 17.9. The van der Waals surface area contributed by atoms with Gasteiger partial charge in [-0.2, -0.15) is 13.5 Å². The van der Waals surface area contributed by atoms with E-state index in [1.54, 1.807) is 27.8 Å². The number of nitrogens with zero attached hydrogens (tertiary/aromatic N) is 3. The second kappa shape index (κ2) is 8.57. The van der Waals surface area contributed by atoms with E-state index in [1.807, 2.05) is 0 Å². The number of aromatic nitrogens is 2. The van der Waals surface area contributed by atoms with E-state index in [9.17, 15) is 13.2 Å². The van der Waals surface area contributed by atoms with Crippen molar-refractivity contribution in [3.8, 4) is 11.6 Å². The van der Waals surface area contributed by atoms with Gasteiger partial charge in [0.1, 0.15) is 12.2 Å². The van der Waals surface area contributed by atoms with Crippen LogP contribution in [0.25, 0.3) is 0 Å². The van der Waals surface area contributed by atoms with Gasteiger partial charge in [0.05, 0.1) is 28.8 Å². The van der Waals surface area contributed by atoms with Crippen LogP contribution in [0.5, 0.6) is 11.6 Å². The fraction of sp³-hybridized carbons (Fsp3) is 0.444. The average Bonchev–Trinajstić information content (AvgIpc) is 3.06. The molecule has 0 saturated heterocycles. The second-order valence-electron chi connectivity index (χ2n) is 7.79. The molecule has 13 heteroatoms. The van der Waals surface area contributed by atoms with Crippen LogP contribution in [-0.2, 0) is 21.4 Å². The van der Waals surface area contributed by atoms with Crippen LogP contribution in [0, 0.1) is 0 Å². The van der Waals surface area contributed by atoms with E-state index in [2.05, 4.69) is 5.10 Å². The Bertz CT molecular complexity index is 1090. The number of fused-ring (bicyclic) bond motifs is 1. The van der Waals surface area contributed by atoms with Crippen LogP contribution in [0.4, 0.5) is 4.79 Å². The molecule has 0 aliphatic carbocycles. The fourth-order valence-corrected chi connectivity index (χ4v) is 4.74. The lowest BCUT2D eigenvalue weighted by molar-refractivity contribution is 0.0101. The third kappa shape index (κ3) is 5.31. The van der Waals surface area contributed by atoms with Crippen molar-refractivity contribution in [1.82, 2.24) is 14.7 Å². The smallest absolute Gasteiger partial charge is 0.410 e. The van der Waals surface area contributed by atoms with Gasteiger partial charge in [-0.3, -0.25) is 0 Å². The largest absolute Gasteiger partial charge is 0.475 e. The number of halogens is 3. The Kier molecular flexibility index (Phi) is 6.57. The lowest BCUT2D eigenvalue weighted by atomic mass is 10.2. The molecule has 0 saturated carbocycles. The monoisotopic (exact) mass is 511 g/mol. The fourth-order valence-electron chi connectivity index (χ4n) is 2.71. The standard InChI is InChI=1S/C18H20Cl3N3O6S/c1-18(2,3)29-17(25)23(4)11-8-24-16(28-9-11)14(7-22-24)31(26,27)30-15-12(20)5-10(19)6-13(15)21/h5-7,11H,8-9H2,1-4H3/t11-/m1/s1. The van der Waals surface area contributed by atoms with Crippen LogP contribution >= 0.6 is 34.8 Å². The van der Waals surface area contributed by atoms with Gasteiger partial charge < -0.3 is 18.6 Å². The molecule has 1 aliphatic rings. The van der Waals surface area contributed by atoms with Gasteiger partial charge in [-0.05, 0) is 32.9 Å². The molecule has 0 unspecified atom stereocenters. The minimum Gasteiger partial charge on any atom is -0.475 e. The van der Waals surface area contributed by atoms with E-state index in [0.29, 0.717) is 0 Å². The molecule has 31 heavy (non-hydrogen) atoms. The van der Waals surface area contributed by atoms with Gasteiger partial charge in [-0.1, -0.05) is 34.8 Å². The highest BCUT2D eigenvalue weighted by molar-refractivity contribution is 7.87. The number of carbonyl (C=O) groups is 1. The summed E-state index contributed by atoms with van der Waals surface area (Å²) in [6.45, 7) is 5.52. The van der Waals surface area contributed by atoms with Gasteiger partial charge >= 0.3 is 16.2 Å². The zero-order valence-electron chi connectivity index (χ0n) is 17.1. The van der Waals surface area contributed by atoms with Crippen LogP contribution in [0.3, 0.4) is 0 Å². The van der Waals surface area contributed by atoms with Crippen molar-refractivity contribution in [3.63, 3.8) is 0 Å². The van der Waals surface area contributed by atoms with Crippen molar-refractivity contribution in [3.05, 3.63) is 33.4 Å². The Hall–Kier alpha value is -1.88. The lowest BCUT2D eigenvalue weighted by Crippen LogP contribution is -2.47. The zero-order valence-corrected chi connectivity index (χ0v) is 20.1. The van der Waals surface area contributed by atoms with Crippen molar-refractivity contribution >= 4 is 51.0 Å². The molecule has 0 fully saturated rings. The normalized spacial score (nSPS) is 16.3. The van der Waals surface area contributed by atoms with Gasteiger partial charge in [0.2, 0.25) is 5.88 Å². The minimum absolute atomic E-state index is 0.0185. The van der Waals surface area contributed by atoms with Crippen LogP contribution in [0.1, 0.15) is 20.8 Å². The van der Waals surface area contributed by atoms with Crippen molar-refractivity contribution < 1.29 is 26.9 Å². The summed E-state index contributed by atoms with van der Waals surface area (Å²) in [5.74, 6) is -0.277. The molecule has 0 N–H and O–H groups in total. The van der Waals surface area contributed by atoms with Crippen molar-refractivity contribution in [2.24, 2.45) is 0 Å². The summed E-state index contributed by atoms with van der Waals surface area (Å²) in [6, 6.07) is 2.20. The topological polar surface area (TPSA) is 100.0 Å². The summed E-state index contributed by atoms with van der Waals surface area (Å²) < 4.78 is 43.1. The number of hydrogen-bond acceptors (Lipinski definition) is 7. The predicted octanol–water partition coefficient (Wildman–Crippen LogP) is 4.24. The number of ether oxygens (including phenoxy) is 2. The molecule has 1 atom stereocenters. The third-order valence-corrected chi connectivity index (χ3v) is 6.19. The van der Waals surface area contributed by atoms with Gasteiger partial charge in [0, 0.05) is 12.1 Å². The Morgan fingerprint density at radius 1 is 1.26 bits per heavy atom. The Morgan fingerprint density at radius 3 is 2.45 bits per heavy atom. The number of amides is 1. The summed E-state index contributed by atoms with van der Waals surface area (Å²) in [5.41, 5.74) is -0.652. The Labute approximate surface area is 194 Å². The first-order chi connectivity index (χ1) is 14.3. The number of rotatable bonds is 4. The van der Waals surface area contributed by atoms with E-state index < -0.39 is 27.9 Å². The molecule has 0 bridgehead atoms. The molecule has 2 aromatic rings. The van der Waals surface area contributed by atoms with Crippen LogP contribution in [0.15, 0.2) is 23.2 Å². The molecule has 1 aromatic carbocycles. The zero-order chi connectivity index (χ0) is 23.1.